The van der Waals surface area contributed by atoms with Crippen LogP contribution in [0.4, 0.5) is 0 Å². The molecule has 0 aliphatic carbocycles. The molecule has 0 aliphatic heterocycles. The topological polar surface area (TPSA) is 99.1 Å². The van der Waals surface area contributed by atoms with Crippen LogP contribution in [0.25, 0.3) is 0 Å². The Balaban J connectivity index is 4.47. The summed E-state index contributed by atoms with van der Waals surface area (Å²) in [6.07, 6.45) is 37.2. The van der Waals surface area contributed by atoms with Gasteiger partial charge in [-0.15, -0.1) is 0 Å². The van der Waals surface area contributed by atoms with E-state index < -0.39 is 18.1 Å². The number of rotatable bonds is 34. The standard InChI is InChI=1S/C42H73NO7/c1-6-8-10-12-14-16-18-20-22-24-26-28-30-32-40(44)49-37-38(36-48-35-34-39(42(46)47)43(3,4)5)50-41(45)33-31-29-27-25-23-21-19-17-15-13-11-9-7-2/h9,11,13,15,17,19-20,22,38-39H,6-8,10,12,14,16,18,21,23-37H2,1-5H3/p+1/b11-9+,15-13+,19-17+,22-20+. The van der Waals surface area contributed by atoms with Gasteiger partial charge in [-0.05, 0) is 57.8 Å². The van der Waals surface area contributed by atoms with Crippen molar-refractivity contribution in [3.8, 4) is 0 Å². The predicted molar refractivity (Wildman–Crippen MR) is 206 cm³/mol. The number of ether oxygens (including phenoxy) is 3. The highest BCUT2D eigenvalue weighted by Gasteiger charge is 2.31. The fourth-order valence-corrected chi connectivity index (χ4v) is 5.44. The Kier molecular flexibility index (Phi) is 31.6. The molecule has 0 saturated carbocycles. The van der Waals surface area contributed by atoms with Crippen molar-refractivity contribution >= 4 is 17.9 Å². The second-order valence-corrected chi connectivity index (χ2v) is 14.2. The lowest BCUT2D eigenvalue weighted by Gasteiger charge is -2.31. The van der Waals surface area contributed by atoms with Crippen LogP contribution in [0.15, 0.2) is 48.6 Å². The Morgan fingerprint density at radius 1 is 0.620 bits per heavy atom. The molecule has 1 N–H and O–H groups in total. The number of esters is 2. The summed E-state index contributed by atoms with van der Waals surface area (Å²) in [5.74, 6) is -1.52. The van der Waals surface area contributed by atoms with E-state index in [0.717, 1.165) is 77.0 Å². The zero-order valence-corrected chi connectivity index (χ0v) is 32.6. The molecule has 0 amide bonds. The van der Waals surface area contributed by atoms with Crippen LogP contribution in [0.2, 0.25) is 0 Å². The molecule has 0 aromatic carbocycles. The lowest BCUT2D eigenvalue weighted by molar-refractivity contribution is -0.887. The highest BCUT2D eigenvalue weighted by atomic mass is 16.6. The Labute approximate surface area is 306 Å². The minimum absolute atomic E-state index is 0.0468. The van der Waals surface area contributed by atoms with Gasteiger partial charge in [-0.3, -0.25) is 9.59 Å². The first-order chi connectivity index (χ1) is 24.1. The third-order valence-electron chi connectivity index (χ3n) is 8.52. The number of hydrogen-bond acceptors (Lipinski definition) is 6. The fraction of sp³-hybridized carbons (Fsp3) is 0.738. The lowest BCUT2D eigenvalue weighted by Crippen LogP contribution is -2.50. The summed E-state index contributed by atoms with van der Waals surface area (Å²) in [5.41, 5.74) is 0. The van der Waals surface area contributed by atoms with E-state index in [0.29, 0.717) is 19.3 Å². The highest BCUT2D eigenvalue weighted by molar-refractivity contribution is 5.72. The van der Waals surface area contributed by atoms with Crippen LogP contribution in [0.5, 0.6) is 0 Å². The minimum Gasteiger partial charge on any atom is -0.477 e. The molecule has 0 spiro atoms. The number of hydrogen-bond donors (Lipinski definition) is 1. The number of carbonyl (C=O) groups is 3. The van der Waals surface area contributed by atoms with Crippen LogP contribution < -0.4 is 0 Å². The van der Waals surface area contributed by atoms with E-state index in [1.165, 1.54) is 38.5 Å². The van der Waals surface area contributed by atoms with Crippen LogP contribution >= 0.6 is 0 Å². The normalized spacial score (nSPS) is 13.5. The van der Waals surface area contributed by atoms with Crippen molar-refractivity contribution in [3.05, 3.63) is 48.6 Å². The average molecular weight is 705 g/mol. The smallest absolute Gasteiger partial charge is 0.362 e. The predicted octanol–water partition coefficient (Wildman–Crippen LogP) is 10.1. The van der Waals surface area contributed by atoms with E-state index in [9.17, 15) is 19.5 Å². The van der Waals surface area contributed by atoms with E-state index in [2.05, 4.69) is 50.3 Å². The second-order valence-electron chi connectivity index (χ2n) is 14.2. The Morgan fingerprint density at radius 3 is 1.72 bits per heavy atom. The van der Waals surface area contributed by atoms with Crippen molar-refractivity contribution in [3.63, 3.8) is 0 Å². The Hall–Kier alpha value is -2.71. The van der Waals surface area contributed by atoms with Crippen molar-refractivity contribution in [1.82, 2.24) is 0 Å². The van der Waals surface area contributed by atoms with Crippen molar-refractivity contribution in [2.75, 3.05) is 41.0 Å². The SMILES string of the molecule is CC/C=C/C=C/C=C/CCCCCCCC(=O)OC(COCCC(C(=O)O)[N+](C)(C)C)COC(=O)CCCCC/C=C/CCCCCCCC. The molecule has 0 saturated heterocycles. The number of aliphatic carboxylic acids is 1. The molecule has 50 heavy (non-hydrogen) atoms. The van der Waals surface area contributed by atoms with Gasteiger partial charge in [0.2, 0.25) is 0 Å². The van der Waals surface area contributed by atoms with E-state index in [1.807, 2.05) is 33.3 Å². The quantitative estimate of drug-likeness (QED) is 0.0234. The van der Waals surface area contributed by atoms with Crippen LogP contribution in [0, 0.1) is 0 Å². The lowest BCUT2D eigenvalue weighted by atomic mass is 10.1. The molecule has 2 unspecified atom stereocenters. The minimum atomic E-state index is -0.883. The van der Waals surface area contributed by atoms with Gasteiger partial charge in [0.1, 0.15) is 6.61 Å². The molecule has 0 radical (unpaired) electrons. The number of quaternary nitrogens is 1. The summed E-state index contributed by atoms with van der Waals surface area (Å²) in [6.45, 7) is 4.54. The van der Waals surface area contributed by atoms with Crippen molar-refractivity contribution in [2.24, 2.45) is 0 Å². The molecule has 0 aromatic rings. The molecule has 8 heteroatoms. The zero-order valence-electron chi connectivity index (χ0n) is 32.6. The first-order valence-corrected chi connectivity index (χ1v) is 19.7. The number of carboxylic acid groups (broad SMARTS) is 1. The van der Waals surface area contributed by atoms with Gasteiger partial charge in [0.25, 0.3) is 0 Å². The number of carboxylic acids is 1. The summed E-state index contributed by atoms with van der Waals surface area (Å²) in [4.78, 5) is 36.8. The first kappa shape index (κ1) is 47.3. The van der Waals surface area contributed by atoms with Crippen LogP contribution in [0.3, 0.4) is 0 Å². The van der Waals surface area contributed by atoms with Gasteiger partial charge in [-0.1, -0.05) is 120 Å². The van der Waals surface area contributed by atoms with Gasteiger partial charge in [-0.25, -0.2) is 4.79 Å². The van der Waals surface area contributed by atoms with Crippen molar-refractivity contribution < 1.29 is 38.2 Å². The van der Waals surface area contributed by atoms with Crippen molar-refractivity contribution in [2.45, 2.75) is 161 Å². The molecule has 8 nitrogen and oxygen atoms in total. The highest BCUT2D eigenvalue weighted by Crippen LogP contribution is 2.13. The number of nitrogens with zero attached hydrogens (tertiary/aromatic N) is 1. The summed E-state index contributed by atoms with van der Waals surface area (Å²) >= 11 is 0. The third-order valence-corrected chi connectivity index (χ3v) is 8.52. The largest absolute Gasteiger partial charge is 0.477 e. The van der Waals surface area contributed by atoms with E-state index in [-0.39, 0.29) is 36.2 Å². The summed E-state index contributed by atoms with van der Waals surface area (Å²) < 4.78 is 17.2. The summed E-state index contributed by atoms with van der Waals surface area (Å²) in [6, 6.07) is -0.620. The third kappa shape index (κ3) is 31.3. The number of likely N-dealkylation sites (N-methyl/N-ethyl adjacent to an activating group) is 1. The first-order valence-electron chi connectivity index (χ1n) is 19.7. The molecule has 0 aromatic heterocycles. The maximum Gasteiger partial charge on any atom is 0.362 e. The molecule has 0 aliphatic rings. The molecule has 0 bridgehead atoms. The zero-order chi connectivity index (χ0) is 37.1. The fourth-order valence-electron chi connectivity index (χ4n) is 5.44. The van der Waals surface area contributed by atoms with Crippen LogP contribution in [-0.2, 0) is 28.6 Å². The average Bonchev–Trinajstić information content (AvgIpc) is 3.06. The number of unbranched alkanes of at least 4 members (excludes halogenated alkanes) is 14. The van der Waals surface area contributed by atoms with Gasteiger partial charge < -0.3 is 23.8 Å². The van der Waals surface area contributed by atoms with Gasteiger partial charge >= 0.3 is 17.9 Å². The molecule has 0 heterocycles. The molecule has 0 rings (SSSR count). The van der Waals surface area contributed by atoms with E-state index in [4.69, 9.17) is 14.2 Å². The van der Waals surface area contributed by atoms with E-state index in [1.54, 1.807) is 0 Å². The van der Waals surface area contributed by atoms with E-state index >= 15 is 0 Å². The molecular weight excluding hydrogens is 630 g/mol. The monoisotopic (exact) mass is 705 g/mol. The maximum atomic E-state index is 12.6. The summed E-state index contributed by atoms with van der Waals surface area (Å²) in [7, 11) is 5.50. The molecule has 288 valence electrons. The van der Waals surface area contributed by atoms with Crippen molar-refractivity contribution in [1.29, 1.82) is 0 Å². The second kappa shape index (κ2) is 33.4. The van der Waals surface area contributed by atoms with Crippen LogP contribution in [0.1, 0.15) is 149 Å². The van der Waals surface area contributed by atoms with Gasteiger partial charge in [-0.2, -0.15) is 0 Å². The van der Waals surface area contributed by atoms with Gasteiger partial charge in [0.05, 0.1) is 34.4 Å². The molecule has 0 fully saturated rings. The molecule has 2 atom stereocenters. The maximum absolute atomic E-state index is 12.6. The van der Waals surface area contributed by atoms with Gasteiger partial charge in [0, 0.05) is 19.3 Å². The summed E-state index contributed by atoms with van der Waals surface area (Å²) in [5, 5.41) is 9.58. The number of allylic oxidation sites excluding steroid dienone is 8. The van der Waals surface area contributed by atoms with Crippen LogP contribution in [-0.4, -0.2) is 80.6 Å². The Morgan fingerprint density at radius 2 is 1.14 bits per heavy atom. The number of carbonyl (C=O) groups excluding carboxylic acids is 2. The Bertz CT molecular complexity index is 964. The molecular formula is C42H74NO7+. The van der Waals surface area contributed by atoms with Gasteiger partial charge in [0.15, 0.2) is 12.1 Å².